The fourth-order valence-electron chi connectivity index (χ4n) is 3.20. The molecule has 2 fully saturated rings. The molecule has 7 heteroatoms. The molecule has 2 aliphatic heterocycles. The topological polar surface area (TPSA) is 87.1 Å². The Kier molecular flexibility index (Phi) is 4.80. The van der Waals surface area contributed by atoms with E-state index >= 15 is 0 Å². The number of hydrogen-bond acceptors (Lipinski definition) is 4. The molecule has 1 N–H and O–H groups in total. The van der Waals surface area contributed by atoms with Crippen LogP contribution in [-0.2, 0) is 25.7 Å². The van der Waals surface area contributed by atoms with E-state index in [1.54, 1.807) is 4.90 Å². The van der Waals surface area contributed by atoms with Crippen LogP contribution in [0.3, 0.4) is 0 Å². The predicted molar refractivity (Wildman–Crippen MR) is 83.9 cm³/mol. The summed E-state index contributed by atoms with van der Waals surface area (Å²) in [6.07, 6.45) is 0.134. The van der Waals surface area contributed by atoms with Crippen molar-refractivity contribution in [3.63, 3.8) is 0 Å². The van der Waals surface area contributed by atoms with Crippen LogP contribution < -0.4 is 0 Å². The molecule has 0 saturated carbocycles. The van der Waals surface area contributed by atoms with Crippen molar-refractivity contribution >= 4 is 17.8 Å². The Morgan fingerprint density at radius 3 is 2.71 bits per heavy atom. The molecule has 0 radical (unpaired) electrons. The summed E-state index contributed by atoms with van der Waals surface area (Å²) in [4.78, 5) is 39.2. The third-order valence-corrected chi connectivity index (χ3v) is 4.48. The average molecular weight is 332 g/mol. The lowest BCUT2D eigenvalue weighted by atomic mass is 10.1. The monoisotopic (exact) mass is 332 g/mol. The summed E-state index contributed by atoms with van der Waals surface area (Å²) in [6, 6.07) is 8.62. The van der Waals surface area contributed by atoms with Gasteiger partial charge in [0, 0.05) is 26.1 Å². The lowest BCUT2D eigenvalue weighted by Crippen LogP contribution is -2.54. The zero-order valence-corrected chi connectivity index (χ0v) is 13.3. The van der Waals surface area contributed by atoms with Gasteiger partial charge in [0.15, 0.2) is 6.04 Å². The van der Waals surface area contributed by atoms with Gasteiger partial charge in [-0.2, -0.15) is 0 Å². The number of likely N-dealkylation sites (tertiary alicyclic amines) is 1. The highest BCUT2D eigenvalue weighted by Gasteiger charge is 2.41. The Bertz CT molecular complexity index is 633. The first-order valence-corrected chi connectivity index (χ1v) is 7.99. The van der Waals surface area contributed by atoms with Crippen LogP contribution in [0.15, 0.2) is 30.3 Å². The van der Waals surface area contributed by atoms with Gasteiger partial charge in [0.25, 0.3) is 0 Å². The Morgan fingerprint density at radius 2 is 2.00 bits per heavy atom. The van der Waals surface area contributed by atoms with Crippen molar-refractivity contribution in [2.75, 3.05) is 26.3 Å². The fraction of sp³-hybridized carbons (Fsp3) is 0.471. The molecule has 0 spiro atoms. The Hall–Kier alpha value is -2.41. The van der Waals surface area contributed by atoms with Crippen molar-refractivity contribution in [2.24, 2.45) is 5.92 Å². The number of rotatable bonds is 4. The number of hydrogen-bond donors (Lipinski definition) is 1. The summed E-state index contributed by atoms with van der Waals surface area (Å²) in [5.74, 6) is -1.90. The van der Waals surface area contributed by atoms with Gasteiger partial charge in [0.1, 0.15) is 0 Å². The fourth-order valence-corrected chi connectivity index (χ4v) is 3.20. The molecule has 1 aromatic rings. The Morgan fingerprint density at radius 1 is 1.25 bits per heavy atom. The van der Waals surface area contributed by atoms with Crippen LogP contribution in [0.4, 0.5) is 0 Å². The first kappa shape index (κ1) is 16.4. The number of amides is 2. The number of aliphatic carboxylic acids is 1. The third-order valence-electron chi connectivity index (χ3n) is 4.48. The number of carbonyl (C=O) groups excluding carboxylic acids is 2. The number of carboxylic acid groups (broad SMARTS) is 1. The lowest BCUT2D eigenvalue weighted by molar-refractivity contribution is -0.160. The summed E-state index contributed by atoms with van der Waals surface area (Å²) in [6.45, 7) is 1.36. The molecule has 7 nitrogen and oxygen atoms in total. The molecular formula is C17H20N2O5. The molecule has 2 aliphatic rings. The number of carbonyl (C=O) groups is 3. The van der Waals surface area contributed by atoms with E-state index in [0.29, 0.717) is 19.7 Å². The highest BCUT2D eigenvalue weighted by atomic mass is 16.5. The van der Waals surface area contributed by atoms with Crippen molar-refractivity contribution in [1.82, 2.24) is 9.80 Å². The largest absolute Gasteiger partial charge is 0.480 e. The molecule has 2 saturated heterocycles. The van der Waals surface area contributed by atoms with E-state index in [1.807, 2.05) is 30.3 Å². The van der Waals surface area contributed by atoms with Crippen molar-refractivity contribution in [2.45, 2.75) is 19.0 Å². The zero-order chi connectivity index (χ0) is 17.1. The molecule has 1 aromatic carbocycles. The SMILES string of the molecule is O=C(O)[C@H]1COCCN1C(=O)[C@@H]1CC(=O)N(Cc2ccccc2)C1. The molecule has 128 valence electrons. The van der Waals surface area contributed by atoms with E-state index in [4.69, 9.17) is 4.74 Å². The maximum Gasteiger partial charge on any atom is 0.328 e. The summed E-state index contributed by atoms with van der Waals surface area (Å²) in [5.41, 5.74) is 1.01. The van der Waals surface area contributed by atoms with Crippen LogP contribution in [0.2, 0.25) is 0 Å². The van der Waals surface area contributed by atoms with E-state index in [2.05, 4.69) is 0 Å². The molecule has 2 amide bonds. The highest BCUT2D eigenvalue weighted by molar-refractivity contribution is 5.91. The summed E-state index contributed by atoms with van der Waals surface area (Å²) in [7, 11) is 0. The van der Waals surface area contributed by atoms with Crippen molar-refractivity contribution in [3.05, 3.63) is 35.9 Å². The van der Waals surface area contributed by atoms with E-state index in [1.165, 1.54) is 4.90 Å². The van der Waals surface area contributed by atoms with Crippen LogP contribution in [-0.4, -0.2) is 65.0 Å². The van der Waals surface area contributed by atoms with Crippen molar-refractivity contribution in [1.29, 1.82) is 0 Å². The van der Waals surface area contributed by atoms with Gasteiger partial charge in [0.05, 0.1) is 19.1 Å². The van der Waals surface area contributed by atoms with Gasteiger partial charge in [-0.25, -0.2) is 4.79 Å². The molecule has 24 heavy (non-hydrogen) atoms. The summed E-state index contributed by atoms with van der Waals surface area (Å²) in [5, 5.41) is 9.25. The number of morpholine rings is 1. The standard InChI is InChI=1S/C17H20N2O5/c20-15-8-13(10-18(15)9-12-4-2-1-3-5-12)16(21)19-6-7-24-11-14(19)17(22)23/h1-5,13-14H,6-11H2,(H,22,23)/t13-,14-/m1/s1. The van der Waals surface area contributed by atoms with Crippen molar-refractivity contribution in [3.8, 4) is 0 Å². The third kappa shape index (κ3) is 3.41. The lowest BCUT2D eigenvalue weighted by Gasteiger charge is -2.34. The van der Waals surface area contributed by atoms with Gasteiger partial charge in [-0.05, 0) is 5.56 Å². The molecule has 2 heterocycles. The molecule has 0 unspecified atom stereocenters. The minimum Gasteiger partial charge on any atom is -0.480 e. The normalized spacial score (nSPS) is 24.2. The average Bonchev–Trinajstić information content (AvgIpc) is 2.96. The quantitative estimate of drug-likeness (QED) is 0.859. The van der Waals surface area contributed by atoms with Gasteiger partial charge in [0.2, 0.25) is 11.8 Å². The molecule has 2 atom stereocenters. The van der Waals surface area contributed by atoms with Crippen LogP contribution in [0, 0.1) is 5.92 Å². The maximum atomic E-state index is 12.7. The van der Waals surface area contributed by atoms with E-state index < -0.39 is 17.9 Å². The highest BCUT2D eigenvalue weighted by Crippen LogP contribution is 2.24. The second-order valence-corrected chi connectivity index (χ2v) is 6.12. The predicted octanol–water partition coefficient (Wildman–Crippen LogP) is 0.347. The molecule has 3 rings (SSSR count). The minimum absolute atomic E-state index is 0.00449. The van der Waals surface area contributed by atoms with E-state index in [0.717, 1.165) is 5.56 Å². The van der Waals surface area contributed by atoms with Gasteiger partial charge < -0.3 is 19.6 Å². The van der Waals surface area contributed by atoms with Gasteiger partial charge in [-0.3, -0.25) is 9.59 Å². The van der Waals surface area contributed by atoms with Crippen molar-refractivity contribution < 1.29 is 24.2 Å². The first-order chi connectivity index (χ1) is 11.6. The van der Waals surface area contributed by atoms with E-state index in [-0.39, 0.29) is 31.4 Å². The zero-order valence-electron chi connectivity index (χ0n) is 13.3. The van der Waals surface area contributed by atoms with Gasteiger partial charge in [-0.15, -0.1) is 0 Å². The molecular weight excluding hydrogens is 312 g/mol. The number of ether oxygens (including phenoxy) is 1. The summed E-state index contributed by atoms with van der Waals surface area (Å²) < 4.78 is 5.16. The van der Waals surface area contributed by atoms with E-state index in [9.17, 15) is 19.5 Å². The van der Waals surface area contributed by atoms with Crippen LogP contribution in [0.25, 0.3) is 0 Å². The Labute approximate surface area is 139 Å². The maximum absolute atomic E-state index is 12.7. The number of carboxylic acids is 1. The smallest absolute Gasteiger partial charge is 0.328 e. The number of benzene rings is 1. The summed E-state index contributed by atoms with van der Waals surface area (Å²) >= 11 is 0. The molecule has 0 aliphatic carbocycles. The van der Waals surface area contributed by atoms with Crippen LogP contribution in [0.5, 0.6) is 0 Å². The molecule has 0 aromatic heterocycles. The minimum atomic E-state index is -1.08. The first-order valence-electron chi connectivity index (χ1n) is 7.99. The van der Waals surface area contributed by atoms with Crippen LogP contribution in [0.1, 0.15) is 12.0 Å². The second kappa shape index (κ2) is 7.00. The van der Waals surface area contributed by atoms with Crippen LogP contribution >= 0.6 is 0 Å². The Balaban J connectivity index is 1.66. The molecule has 0 bridgehead atoms. The second-order valence-electron chi connectivity index (χ2n) is 6.12. The van der Waals surface area contributed by atoms with Gasteiger partial charge >= 0.3 is 5.97 Å². The number of nitrogens with zero attached hydrogens (tertiary/aromatic N) is 2. The van der Waals surface area contributed by atoms with Gasteiger partial charge in [-0.1, -0.05) is 30.3 Å².